The van der Waals surface area contributed by atoms with Crippen LogP contribution in [0.3, 0.4) is 0 Å². The van der Waals surface area contributed by atoms with E-state index in [0.29, 0.717) is 16.5 Å². The summed E-state index contributed by atoms with van der Waals surface area (Å²) >= 11 is 11.9. The summed E-state index contributed by atoms with van der Waals surface area (Å²) in [5.74, 6) is -1.06. The normalized spacial score (nSPS) is 13.1. The number of carbonyl (C=O) groups excluding carboxylic acids is 3. The maximum Gasteiger partial charge on any atom is 0.311 e. The molecule has 0 unspecified atom stereocenters. The second kappa shape index (κ2) is 7.85. The van der Waals surface area contributed by atoms with Crippen LogP contribution >= 0.6 is 23.2 Å². The number of benzene rings is 3. The Balaban J connectivity index is 1.44. The molecule has 0 radical (unpaired) electrons. The van der Waals surface area contributed by atoms with Gasteiger partial charge in [0, 0.05) is 29.5 Å². The minimum Gasteiger partial charge on any atom is -0.425 e. The average molecular weight is 428 g/mol. The average Bonchev–Trinajstić information content (AvgIpc) is 2.72. The molecule has 1 heterocycles. The summed E-state index contributed by atoms with van der Waals surface area (Å²) in [4.78, 5) is 38.9. The van der Waals surface area contributed by atoms with Crippen LogP contribution in [0, 0.1) is 0 Å². The molecule has 0 saturated carbocycles. The van der Waals surface area contributed by atoms with Crippen LogP contribution < -0.4 is 4.74 Å². The number of imide groups is 1. The minimum absolute atomic E-state index is 0.0196. The van der Waals surface area contributed by atoms with Gasteiger partial charge in [-0.3, -0.25) is 19.3 Å². The van der Waals surface area contributed by atoms with E-state index >= 15 is 0 Å². The third kappa shape index (κ3) is 3.59. The van der Waals surface area contributed by atoms with E-state index in [1.807, 2.05) is 12.1 Å². The van der Waals surface area contributed by atoms with E-state index in [1.54, 1.807) is 42.5 Å². The summed E-state index contributed by atoms with van der Waals surface area (Å²) < 4.78 is 5.23. The third-order valence-electron chi connectivity index (χ3n) is 4.76. The SMILES string of the molecule is O=C(CCCN1C(=O)c2cccc3cccc(c23)C1=O)Oc1cccc(Cl)c1Cl. The van der Waals surface area contributed by atoms with Gasteiger partial charge in [0.25, 0.3) is 11.8 Å². The van der Waals surface area contributed by atoms with Crippen molar-refractivity contribution in [1.29, 1.82) is 0 Å². The van der Waals surface area contributed by atoms with Crippen LogP contribution in [0.5, 0.6) is 5.75 Å². The Hall–Kier alpha value is -2.89. The molecule has 0 N–H and O–H groups in total. The standard InChI is InChI=1S/C22H15Cl2NO4/c23-16-9-3-10-17(20(16)24)29-18(26)11-4-12-25-21(27)14-7-1-5-13-6-2-8-15(19(13)14)22(25)28/h1-3,5-10H,4,11-12H2. The first-order valence-corrected chi connectivity index (χ1v) is 9.75. The second-order valence-corrected chi connectivity index (χ2v) is 7.39. The van der Waals surface area contributed by atoms with Crippen LogP contribution in [0.1, 0.15) is 33.6 Å². The molecule has 3 aromatic carbocycles. The van der Waals surface area contributed by atoms with Crippen molar-refractivity contribution in [1.82, 2.24) is 4.90 Å². The molecule has 1 aliphatic heterocycles. The zero-order chi connectivity index (χ0) is 20.5. The Labute approximate surface area is 176 Å². The fourth-order valence-electron chi connectivity index (χ4n) is 3.40. The van der Waals surface area contributed by atoms with Gasteiger partial charge in [-0.15, -0.1) is 0 Å². The molecule has 1 aliphatic rings. The van der Waals surface area contributed by atoms with E-state index in [2.05, 4.69) is 0 Å². The van der Waals surface area contributed by atoms with Gasteiger partial charge in [0.15, 0.2) is 5.75 Å². The number of esters is 1. The molecule has 7 heteroatoms. The molecular formula is C22H15Cl2NO4. The summed E-state index contributed by atoms with van der Waals surface area (Å²) in [7, 11) is 0. The molecule has 0 aliphatic carbocycles. The predicted molar refractivity (Wildman–Crippen MR) is 111 cm³/mol. The number of halogens is 2. The molecule has 29 heavy (non-hydrogen) atoms. The fraction of sp³-hybridized carbons (Fsp3) is 0.136. The van der Waals surface area contributed by atoms with Gasteiger partial charge in [0.2, 0.25) is 0 Å². The summed E-state index contributed by atoms with van der Waals surface area (Å²) in [5, 5.41) is 1.97. The second-order valence-electron chi connectivity index (χ2n) is 6.60. The predicted octanol–water partition coefficient (Wildman–Crippen LogP) is 5.13. The first-order valence-electron chi connectivity index (χ1n) is 9.00. The monoisotopic (exact) mass is 427 g/mol. The maximum absolute atomic E-state index is 12.8. The highest BCUT2D eigenvalue weighted by Crippen LogP contribution is 2.32. The summed E-state index contributed by atoms with van der Waals surface area (Å²) in [6, 6.07) is 15.5. The number of hydrogen-bond acceptors (Lipinski definition) is 4. The van der Waals surface area contributed by atoms with E-state index in [4.69, 9.17) is 27.9 Å². The highest BCUT2D eigenvalue weighted by Gasteiger charge is 2.32. The molecule has 0 saturated heterocycles. The lowest BCUT2D eigenvalue weighted by molar-refractivity contribution is -0.134. The quantitative estimate of drug-likeness (QED) is 0.321. The smallest absolute Gasteiger partial charge is 0.311 e. The lowest BCUT2D eigenvalue weighted by Crippen LogP contribution is -2.41. The molecule has 3 aromatic rings. The molecule has 5 nitrogen and oxygen atoms in total. The Morgan fingerprint density at radius 3 is 2.17 bits per heavy atom. The number of amides is 2. The van der Waals surface area contributed by atoms with Crippen molar-refractivity contribution in [2.24, 2.45) is 0 Å². The molecule has 4 rings (SSSR count). The largest absolute Gasteiger partial charge is 0.425 e. The van der Waals surface area contributed by atoms with Crippen molar-refractivity contribution < 1.29 is 19.1 Å². The molecular weight excluding hydrogens is 413 g/mol. The number of nitrogens with zero attached hydrogens (tertiary/aromatic N) is 1. The Morgan fingerprint density at radius 2 is 1.52 bits per heavy atom. The molecule has 0 fully saturated rings. The Morgan fingerprint density at radius 1 is 0.897 bits per heavy atom. The molecule has 0 aromatic heterocycles. The fourth-order valence-corrected chi connectivity index (χ4v) is 3.73. The van der Waals surface area contributed by atoms with Gasteiger partial charge in [-0.25, -0.2) is 0 Å². The van der Waals surface area contributed by atoms with Gasteiger partial charge >= 0.3 is 5.97 Å². The summed E-state index contributed by atoms with van der Waals surface area (Å²) in [5.41, 5.74) is 0.983. The molecule has 146 valence electrons. The van der Waals surface area contributed by atoms with Crippen LogP contribution in [-0.2, 0) is 4.79 Å². The summed E-state index contributed by atoms with van der Waals surface area (Å²) in [6.45, 7) is 0.112. The minimum atomic E-state index is -0.520. The first kappa shape index (κ1) is 19.4. The van der Waals surface area contributed by atoms with Gasteiger partial charge in [-0.05, 0) is 36.1 Å². The summed E-state index contributed by atoms with van der Waals surface area (Å²) in [6.07, 6.45) is 0.290. The topological polar surface area (TPSA) is 63.7 Å². The highest BCUT2D eigenvalue weighted by molar-refractivity contribution is 6.43. The van der Waals surface area contributed by atoms with E-state index in [-0.39, 0.29) is 47.0 Å². The number of rotatable bonds is 5. The van der Waals surface area contributed by atoms with Crippen molar-refractivity contribution in [3.63, 3.8) is 0 Å². The van der Waals surface area contributed by atoms with Crippen molar-refractivity contribution in [3.05, 3.63) is 75.8 Å². The molecule has 0 atom stereocenters. The van der Waals surface area contributed by atoms with E-state index in [0.717, 1.165) is 5.39 Å². The van der Waals surface area contributed by atoms with Crippen molar-refractivity contribution in [3.8, 4) is 5.75 Å². The zero-order valence-corrected chi connectivity index (χ0v) is 16.7. The van der Waals surface area contributed by atoms with Crippen molar-refractivity contribution in [2.45, 2.75) is 12.8 Å². The molecule has 2 amide bonds. The van der Waals surface area contributed by atoms with Gasteiger partial charge in [-0.1, -0.05) is 53.5 Å². The Kier molecular flexibility index (Phi) is 5.26. The first-order chi connectivity index (χ1) is 14.0. The third-order valence-corrected chi connectivity index (χ3v) is 5.56. The van der Waals surface area contributed by atoms with E-state index in [1.165, 1.54) is 4.90 Å². The van der Waals surface area contributed by atoms with Crippen LogP contribution in [-0.4, -0.2) is 29.2 Å². The van der Waals surface area contributed by atoms with E-state index < -0.39 is 5.97 Å². The van der Waals surface area contributed by atoms with Crippen LogP contribution in [0.2, 0.25) is 10.0 Å². The van der Waals surface area contributed by atoms with Crippen molar-refractivity contribution >= 4 is 51.8 Å². The van der Waals surface area contributed by atoms with Crippen LogP contribution in [0.4, 0.5) is 0 Å². The van der Waals surface area contributed by atoms with E-state index in [9.17, 15) is 14.4 Å². The molecule has 0 spiro atoms. The molecule has 0 bridgehead atoms. The van der Waals surface area contributed by atoms with Crippen LogP contribution in [0.15, 0.2) is 54.6 Å². The zero-order valence-electron chi connectivity index (χ0n) is 15.2. The van der Waals surface area contributed by atoms with Crippen molar-refractivity contribution in [2.75, 3.05) is 6.54 Å². The van der Waals surface area contributed by atoms with Gasteiger partial charge in [0.1, 0.15) is 5.02 Å². The van der Waals surface area contributed by atoms with Gasteiger partial charge in [-0.2, -0.15) is 0 Å². The van der Waals surface area contributed by atoms with Crippen LogP contribution in [0.25, 0.3) is 10.8 Å². The van der Waals surface area contributed by atoms with Gasteiger partial charge in [0.05, 0.1) is 5.02 Å². The lowest BCUT2D eigenvalue weighted by atomic mass is 9.94. The number of ether oxygens (including phenoxy) is 1. The lowest BCUT2D eigenvalue weighted by Gasteiger charge is -2.27. The maximum atomic E-state index is 12.8. The number of carbonyl (C=O) groups is 3. The Bertz CT molecular complexity index is 1110. The number of hydrogen-bond donors (Lipinski definition) is 0. The van der Waals surface area contributed by atoms with Gasteiger partial charge < -0.3 is 4.74 Å². The highest BCUT2D eigenvalue weighted by atomic mass is 35.5.